The highest BCUT2D eigenvalue weighted by Crippen LogP contribution is 2.27. The zero-order chi connectivity index (χ0) is 14.7. The second-order valence-corrected chi connectivity index (χ2v) is 5.60. The molecular formula is C14H12ClIN2O2. The monoisotopic (exact) mass is 402 g/mol. The average molecular weight is 403 g/mol. The van der Waals surface area contributed by atoms with Crippen molar-refractivity contribution in [1.82, 2.24) is 0 Å². The van der Waals surface area contributed by atoms with Gasteiger partial charge in [0.25, 0.3) is 5.91 Å². The van der Waals surface area contributed by atoms with Crippen LogP contribution in [0.5, 0.6) is 5.75 Å². The lowest BCUT2D eigenvalue weighted by atomic mass is 10.1. The van der Waals surface area contributed by atoms with E-state index in [1.807, 2.05) is 0 Å². The Morgan fingerprint density at radius 2 is 2.10 bits per heavy atom. The van der Waals surface area contributed by atoms with Gasteiger partial charge in [0.1, 0.15) is 5.75 Å². The van der Waals surface area contributed by atoms with E-state index < -0.39 is 0 Å². The standard InChI is InChI=1S/C14H12ClIN2O2/c1-20-12-4-2-3-9(13(12)17)14(19)18-11-6-5-8(15)7-10(11)16/h2-7H,17H2,1H3,(H,18,19). The molecule has 0 atom stereocenters. The van der Waals surface area contributed by atoms with Crippen molar-refractivity contribution in [1.29, 1.82) is 0 Å². The normalized spacial score (nSPS) is 10.2. The fourth-order valence-electron chi connectivity index (χ4n) is 1.70. The Labute approximate surface area is 135 Å². The molecule has 104 valence electrons. The molecule has 0 aliphatic heterocycles. The van der Waals surface area contributed by atoms with E-state index in [2.05, 4.69) is 27.9 Å². The molecule has 0 aliphatic carbocycles. The number of para-hydroxylation sites is 1. The van der Waals surface area contributed by atoms with Crippen molar-refractivity contribution in [3.63, 3.8) is 0 Å². The maximum atomic E-state index is 12.3. The van der Waals surface area contributed by atoms with E-state index in [0.29, 0.717) is 27.7 Å². The maximum absolute atomic E-state index is 12.3. The van der Waals surface area contributed by atoms with Gasteiger partial charge in [-0.15, -0.1) is 0 Å². The van der Waals surface area contributed by atoms with Crippen LogP contribution in [0.2, 0.25) is 5.02 Å². The van der Waals surface area contributed by atoms with Crippen molar-refractivity contribution >= 4 is 51.5 Å². The lowest BCUT2D eigenvalue weighted by Crippen LogP contribution is -2.15. The van der Waals surface area contributed by atoms with Crippen LogP contribution in [-0.4, -0.2) is 13.0 Å². The van der Waals surface area contributed by atoms with Crippen molar-refractivity contribution < 1.29 is 9.53 Å². The van der Waals surface area contributed by atoms with Gasteiger partial charge in [-0.05, 0) is 52.9 Å². The van der Waals surface area contributed by atoms with Crippen LogP contribution in [0.15, 0.2) is 36.4 Å². The van der Waals surface area contributed by atoms with Gasteiger partial charge in [-0.1, -0.05) is 17.7 Å². The summed E-state index contributed by atoms with van der Waals surface area (Å²) in [6.45, 7) is 0. The summed E-state index contributed by atoms with van der Waals surface area (Å²) < 4.78 is 5.95. The van der Waals surface area contributed by atoms with Crippen molar-refractivity contribution in [2.45, 2.75) is 0 Å². The van der Waals surface area contributed by atoms with Crippen molar-refractivity contribution in [3.05, 3.63) is 50.6 Å². The molecule has 0 bridgehead atoms. The first-order valence-electron chi connectivity index (χ1n) is 5.72. The third-order valence-corrected chi connectivity index (χ3v) is 3.84. The van der Waals surface area contributed by atoms with Crippen molar-refractivity contribution in [2.75, 3.05) is 18.2 Å². The Bertz CT molecular complexity index is 662. The Hall–Kier alpha value is -1.47. The summed E-state index contributed by atoms with van der Waals surface area (Å²) in [5.41, 5.74) is 7.27. The van der Waals surface area contributed by atoms with Crippen LogP contribution < -0.4 is 15.8 Å². The quantitative estimate of drug-likeness (QED) is 0.606. The Morgan fingerprint density at radius 1 is 1.35 bits per heavy atom. The number of hydrogen-bond donors (Lipinski definition) is 2. The number of methoxy groups -OCH3 is 1. The number of ether oxygens (including phenoxy) is 1. The van der Waals surface area contributed by atoms with Crippen molar-refractivity contribution in [3.8, 4) is 5.75 Å². The third-order valence-electron chi connectivity index (χ3n) is 2.71. The van der Waals surface area contributed by atoms with Gasteiger partial charge in [0.05, 0.1) is 24.0 Å². The second kappa shape index (κ2) is 6.32. The van der Waals surface area contributed by atoms with Gasteiger partial charge < -0.3 is 15.8 Å². The summed E-state index contributed by atoms with van der Waals surface area (Å²) in [4.78, 5) is 12.3. The fourth-order valence-corrected chi connectivity index (χ4v) is 2.71. The Morgan fingerprint density at radius 3 is 2.75 bits per heavy atom. The number of benzene rings is 2. The van der Waals surface area contributed by atoms with E-state index in [-0.39, 0.29) is 5.91 Å². The molecule has 0 unspecified atom stereocenters. The van der Waals surface area contributed by atoms with E-state index in [0.717, 1.165) is 3.57 Å². The first-order valence-corrected chi connectivity index (χ1v) is 7.17. The van der Waals surface area contributed by atoms with Crippen molar-refractivity contribution in [2.24, 2.45) is 0 Å². The summed E-state index contributed by atoms with van der Waals surface area (Å²) >= 11 is 7.99. The van der Waals surface area contributed by atoms with Crippen LogP contribution in [0.3, 0.4) is 0 Å². The molecule has 0 saturated heterocycles. The van der Waals surface area contributed by atoms with Gasteiger partial charge in [-0.25, -0.2) is 0 Å². The van der Waals surface area contributed by atoms with E-state index >= 15 is 0 Å². The molecule has 1 amide bonds. The SMILES string of the molecule is COc1cccc(C(=O)Nc2ccc(Cl)cc2I)c1N. The molecule has 0 radical (unpaired) electrons. The van der Waals surface area contributed by atoms with Crippen LogP contribution in [-0.2, 0) is 0 Å². The van der Waals surface area contributed by atoms with Crippen LogP contribution >= 0.6 is 34.2 Å². The molecule has 4 nitrogen and oxygen atoms in total. The number of rotatable bonds is 3. The summed E-state index contributed by atoms with van der Waals surface area (Å²) in [7, 11) is 1.51. The molecule has 0 heterocycles. The molecule has 0 spiro atoms. The highest BCUT2D eigenvalue weighted by Gasteiger charge is 2.14. The van der Waals surface area contributed by atoms with E-state index in [1.54, 1.807) is 36.4 Å². The predicted molar refractivity (Wildman–Crippen MR) is 89.5 cm³/mol. The van der Waals surface area contributed by atoms with Gasteiger partial charge in [-0.2, -0.15) is 0 Å². The molecule has 6 heteroatoms. The minimum absolute atomic E-state index is 0.290. The molecule has 0 aromatic heterocycles. The Kier molecular flexibility index (Phi) is 4.72. The fraction of sp³-hybridized carbons (Fsp3) is 0.0714. The maximum Gasteiger partial charge on any atom is 0.257 e. The molecule has 20 heavy (non-hydrogen) atoms. The van der Waals surface area contributed by atoms with Gasteiger partial charge in [-0.3, -0.25) is 4.79 Å². The lowest BCUT2D eigenvalue weighted by Gasteiger charge is -2.11. The van der Waals surface area contributed by atoms with Gasteiger partial charge in [0.15, 0.2) is 0 Å². The molecule has 0 fully saturated rings. The number of halogens is 2. The first kappa shape index (κ1) is 14.9. The number of anilines is 2. The van der Waals surface area contributed by atoms with Crippen LogP contribution in [0, 0.1) is 3.57 Å². The number of nitrogens with one attached hydrogen (secondary N) is 1. The Balaban J connectivity index is 2.28. The smallest absolute Gasteiger partial charge is 0.257 e. The summed E-state index contributed by atoms with van der Waals surface area (Å²) in [5, 5.41) is 3.42. The lowest BCUT2D eigenvalue weighted by molar-refractivity contribution is 0.102. The van der Waals surface area contributed by atoms with Crippen LogP contribution in [0.1, 0.15) is 10.4 Å². The van der Waals surface area contributed by atoms with Crippen LogP contribution in [0.4, 0.5) is 11.4 Å². The highest BCUT2D eigenvalue weighted by molar-refractivity contribution is 14.1. The molecular weight excluding hydrogens is 391 g/mol. The molecule has 3 N–H and O–H groups in total. The molecule has 2 aromatic rings. The van der Waals surface area contributed by atoms with E-state index in [9.17, 15) is 4.79 Å². The molecule has 2 aromatic carbocycles. The zero-order valence-corrected chi connectivity index (χ0v) is 13.5. The van der Waals surface area contributed by atoms with E-state index in [1.165, 1.54) is 7.11 Å². The minimum atomic E-state index is -0.290. The number of carbonyl (C=O) groups excluding carboxylic acids is 1. The molecule has 0 aliphatic rings. The largest absolute Gasteiger partial charge is 0.495 e. The van der Waals surface area contributed by atoms with Gasteiger partial charge in [0, 0.05) is 8.59 Å². The number of nitrogen functional groups attached to an aromatic ring is 1. The summed E-state index contributed by atoms with van der Waals surface area (Å²) in [5.74, 6) is 0.185. The van der Waals surface area contributed by atoms with Gasteiger partial charge in [0.2, 0.25) is 0 Å². The number of carbonyl (C=O) groups is 1. The van der Waals surface area contributed by atoms with E-state index in [4.69, 9.17) is 22.1 Å². The number of hydrogen-bond acceptors (Lipinski definition) is 3. The number of nitrogens with two attached hydrogens (primary N) is 1. The molecule has 2 rings (SSSR count). The third kappa shape index (κ3) is 3.16. The number of amides is 1. The minimum Gasteiger partial charge on any atom is -0.495 e. The average Bonchev–Trinajstić information content (AvgIpc) is 2.42. The second-order valence-electron chi connectivity index (χ2n) is 4.00. The molecule has 0 saturated carbocycles. The highest BCUT2D eigenvalue weighted by atomic mass is 127. The summed E-state index contributed by atoms with van der Waals surface area (Å²) in [6.07, 6.45) is 0. The first-order chi connectivity index (χ1) is 9.52. The predicted octanol–water partition coefficient (Wildman–Crippen LogP) is 3.79. The zero-order valence-electron chi connectivity index (χ0n) is 10.6. The van der Waals surface area contributed by atoms with Gasteiger partial charge >= 0.3 is 0 Å². The van der Waals surface area contributed by atoms with Crippen LogP contribution in [0.25, 0.3) is 0 Å². The summed E-state index contributed by atoms with van der Waals surface area (Å²) in [6, 6.07) is 10.3. The topological polar surface area (TPSA) is 64.3 Å².